The van der Waals surface area contributed by atoms with Gasteiger partial charge in [-0.2, -0.15) is 0 Å². The molecule has 1 atom stereocenters. The smallest absolute Gasteiger partial charge is 0.154 e. The SMILES string of the molecule is NC(=NC[C@@H]1CCCO1)SCc1ccccc1. The maximum Gasteiger partial charge on any atom is 0.154 e. The Hall–Kier alpha value is -1.00. The molecule has 0 radical (unpaired) electrons. The summed E-state index contributed by atoms with van der Waals surface area (Å²) < 4.78 is 5.49. The first-order valence-electron chi connectivity index (χ1n) is 5.93. The molecule has 17 heavy (non-hydrogen) atoms. The second kappa shape index (κ2) is 6.67. The maximum absolute atomic E-state index is 5.86. The molecule has 1 aromatic rings. The van der Waals surface area contributed by atoms with E-state index in [-0.39, 0.29) is 6.10 Å². The van der Waals surface area contributed by atoms with Gasteiger partial charge in [0.05, 0.1) is 12.6 Å². The molecule has 1 heterocycles. The highest BCUT2D eigenvalue weighted by molar-refractivity contribution is 8.13. The first kappa shape index (κ1) is 12.5. The summed E-state index contributed by atoms with van der Waals surface area (Å²) >= 11 is 1.59. The van der Waals surface area contributed by atoms with Crippen molar-refractivity contribution in [3.8, 4) is 0 Å². The van der Waals surface area contributed by atoms with Crippen LogP contribution in [0.3, 0.4) is 0 Å². The van der Waals surface area contributed by atoms with Crippen LogP contribution in [-0.2, 0) is 10.5 Å². The molecule has 0 saturated carbocycles. The van der Waals surface area contributed by atoms with Crippen LogP contribution in [0.25, 0.3) is 0 Å². The third kappa shape index (κ3) is 4.40. The van der Waals surface area contributed by atoms with E-state index in [1.807, 2.05) is 18.2 Å². The molecule has 0 aliphatic carbocycles. The van der Waals surface area contributed by atoms with Crippen LogP contribution in [0.4, 0.5) is 0 Å². The molecule has 1 saturated heterocycles. The highest BCUT2D eigenvalue weighted by Gasteiger charge is 2.14. The topological polar surface area (TPSA) is 47.6 Å². The monoisotopic (exact) mass is 250 g/mol. The first-order valence-corrected chi connectivity index (χ1v) is 6.91. The van der Waals surface area contributed by atoms with E-state index in [0.717, 1.165) is 25.2 Å². The largest absolute Gasteiger partial charge is 0.379 e. The zero-order valence-corrected chi connectivity index (χ0v) is 10.7. The van der Waals surface area contributed by atoms with E-state index in [1.54, 1.807) is 11.8 Å². The number of nitrogens with two attached hydrogens (primary N) is 1. The number of rotatable bonds is 4. The predicted molar refractivity (Wildman–Crippen MR) is 73.2 cm³/mol. The van der Waals surface area contributed by atoms with Crippen molar-refractivity contribution in [2.24, 2.45) is 10.7 Å². The van der Waals surface area contributed by atoms with E-state index in [9.17, 15) is 0 Å². The van der Waals surface area contributed by atoms with Crippen molar-refractivity contribution in [2.75, 3.05) is 13.2 Å². The first-order chi connectivity index (χ1) is 8.34. The van der Waals surface area contributed by atoms with E-state index < -0.39 is 0 Å². The Morgan fingerprint density at radius 2 is 2.24 bits per heavy atom. The molecule has 1 aliphatic heterocycles. The lowest BCUT2D eigenvalue weighted by molar-refractivity contribution is 0.118. The highest BCUT2D eigenvalue weighted by Crippen LogP contribution is 2.14. The standard InChI is InChI=1S/C13H18N2OS/c14-13(15-9-12-7-4-8-16-12)17-10-11-5-2-1-3-6-11/h1-3,5-6,12H,4,7-10H2,(H2,14,15)/t12-/m0/s1. The van der Waals surface area contributed by atoms with Gasteiger partial charge in [-0.1, -0.05) is 42.1 Å². The summed E-state index contributed by atoms with van der Waals surface area (Å²) in [6.45, 7) is 1.57. The normalized spacial score (nSPS) is 20.7. The third-order valence-electron chi connectivity index (χ3n) is 2.70. The quantitative estimate of drug-likeness (QED) is 0.659. The fourth-order valence-corrected chi connectivity index (χ4v) is 2.43. The molecule has 0 amide bonds. The van der Waals surface area contributed by atoms with Crippen molar-refractivity contribution < 1.29 is 4.74 Å². The molecule has 1 aromatic carbocycles. The van der Waals surface area contributed by atoms with Crippen LogP contribution in [-0.4, -0.2) is 24.4 Å². The van der Waals surface area contributed by atoms with E-state index in [1.165, 1.54) is 5.56 Å². The maximum atomic E-state index is 5.86. The Labute approximate surface area is 106 Å². The van der Waals surface area contributed by atoms with Gasteiger partial charge in [-0.05, 0) is 18.4 Å². The molecular weight excluding hydrogens is 232 g/mol. The zero-order valence-electron chi connectivity index (χ0n) is 9.84. The second-order valence-electron chi connectivity index (χ2n) is 4.09. The molecule has 1 fully saturated rings. The Morgan fingerprint density at radius 3 is 2.94 bits per heavy atom. The van der Waals surface area contributed by atoms with Crippen LogP contribution in [0.5, 0.6) is 0 Å². The van der Waals surface area contributed by atoms with Crippen molar-refractivity contribution in [3.63, 3.8) is 0 Å². The van der Waals surface area contributed by atoms with E-state index in [4.69, 9.17) is 10.5 Å². The van der Waals surface area contributed by atoms with Crippen molar-refractivity contribution in [1.82, 2.24) is 0 Å². The average Bonchev–Trinajstić information content (AvgIpc) is 2.88. The molecule has 3 nitrogen and oxygen atoms in total. The van der Waals surface area contributed by atoms with Gasteiger partial charge >= 0.3 is 0 Å². The molecule has 1 aliphatic rings. The van der Waals surface area contributed by atoms with Crippen molar-refractivity contribution in [1.29, 1.82) is 0 Å². The van der Waals surface area contributed by atoms with Gasteiger partial charge in [0, 0.05) is 12.4 Å². The summed E-state index contributed by atoms with van der Waals surface area (Å²) in [5.41, 5.74) is 7.13. The highest BCUT2D eigenvalue weighted by atomic mass is 32.2. The zero-order chi connectivity index (χ0) is 11.9. The molecule has 0 aromatic heterocycles. The van der Waals surface area contributed by atoms with Gasteiger partial charge in [0.2, 0.25) is 0 Å². The van der Waals surface area contributed by atoms with Gasteiger partial charge < -0.3 is 10.5 Å². The fraction of sp³-hybridized carbons (Fsp3) is 0.462. The van der Waals surface area contributed by atoms with Crippen molar-refractivity contribution in [3.05, 3.63) is 35.9 Å². The molecule has 4 heteroatoms. The minimum Gasteiger partial charge on any atom is -0.379 e. The van der Waals surface area contributed by atoms with E-state index in [2.05, 4.69) is 17.1 Å². The number of ether oxygens (including phenoxy) is 1. The number of thioether (sulfide) groups is 1. The summed E-state index contributed by atoms with van der Waals surface area (Å²) in [6.07, 6.45) is 2.54. The molecule has 92 valence electrons. The predicted octanol–water partition coefficient (Wildman–Crippen LogP) is 2.41. The van der Waals surface area contributed by atoms with Crippen molar-refractivity contribution in [2.45, 2.75) is 24.7 Å². The Balaban J connectivity index is 1.72. The molecule has 0 spiro atoms. The summed E-state index contributed by atoms with van der Waals surface area (Å²) in [4.78, 5) is 4.35. The number of hydrogen-bond acceptors (Lipinski definition) is 3. The molecule has 0 bridgehead atoms. The van der Waals surface area contributed by atoms with Gasteiger partial charge in [-0.15, -0.1) is 0 Å². The second-order valence-corrected chi connectivity index (χ2v) is 5.08. The Kier molecular flexibility index (Phi) is 4.88. The van der Waals surface area contributed by atoms with Gasteiger partial charge in [-0.3, -0.25) is 4.99 Å². The number of nitrogens with zero attached hydrogens (tertiary/aromatic N) is 1. The van der Waals surface area contributed by atoms with Crippen LogP contribution >= 0.6 is 11.8 Å². The minimum atomic E-state index is 0.283. The number of hydrogen-bond donors (Lipinski definition) is 1. The third-order valence-corrected chi connectivity index (χ3v) is 3.61. The molecular formula is C13H18N2OS. The van der Waals surface area contributed by atoms with Gasteiger partial charge in [0.25, 0.3) is 0 Å². The fourth-order valence-electron chi connectivity index (χ4n) is 1.76. The van der Waals surface area contributed by atoms with Crippen LogP contribution in [0.1, 0.15) is 18.4 Å². The molecule has 2 N–H and O–H groups in total. The molecule has 0 unspecified atom stereocenters. The number of amidine groups is 1. The summed E-state index contributed by atoms with van der Waals surface area (Å²) in [5, 5.41) is 0.657. The molecule has 2 rings (SSSR count). The van der Waals surface area contributed by atoms with Crippen LogP contribution in [0.2, 0.25) is 0 Å². The van der Waals surface area contributed by atoms with Crippen LogP contribution in [0.15, 0.2) is 35.3 Å². The summed E-state index contributed by atoms with van der Waals surface area (Å²) in [5.74, 6) is 0.877. The lowest BCUT2D eigenvalue weighted by Gasteiger charge is -2.06. The van der Waals surface area contributed by atoms with Crippen molar-refractivity contribution >= 4 is 16.9 Å². The number of aliphatic imine (C=N–C) groups is 1. The van der Waals surface area contributed by atoms with Gasteiger partial charge in [0.15, 0.2) is 5.17 Å². The summed E-state index contributed by atoms with van der Waals surface area (Å²) in [6, 6.07) is 10.3. The lowest BCUT2D eigenvalue weighted by atomic mass is 10.2. The van der Waals surface area contributed by atoms with Gasteiger partial charge in [0.1, 0.15) is 0 Å². The van der Waals surface area contributed by atoms with Gasteiger partial charge in [-0.25, -0.2) is 0 Å². The minimum absolute atomic E-state index is 0.283. The Morgan fingerprint density at radius 1 is 1.41 bits per heavy atom. The number of benzene rings is 1. The van der Waals surface area contributed by atoms with Crippen LogP contribution in [0, 0.1) is 0 Å². The Bertz CT molecular complexity index is 361. The summed E-state index contributed by atoms with van der Waals surface area (Å²) in [7, 11) is 0. The average molecular weight is 250 g/mol. The van der Waals surface area contributed by atoms with E-state index in [0.29, 0.717) is 11.7 Å². The van der Waals surface area contributed by atoms with E-state index >= 15 is 0 Å². The van der Waals surface area contributed by atoms with Crippen LogP contribution < -0.4 is 5.73 Å². The lowest BCUT2D eigenvalue weighted by Crippen LogP contribution is -2.14.